The van der Waals surface area contributed by atoms with Crippen LogP contribution in [-0.2, 0) is 9.53 Å². The second kappa shape index (κ2) is 4.75. The molecule has 4 nitrogen and oxygen atoms in total. The summed E-state index contributed by atoms with van der Waals surface area (Å²) in [5.41, 5.74) is 0. The molecule has 80 valence electrons. The molecule has 0 saturated carbocycles. The molecule has 2 saturated heterocycles. The minimum atomic E-state index is 0.373. The number of hydrogen-bond donors (Lipinski definition) is 1. The Balaban J connectivity index is 1.78. The highest BCUT2D eigenvalue weighted by molar-refractivity contribution is 5.47. The van der Waals surface area contributed by atoms with E-state index in [0.717, 1.165) is 52.0 Å². The third kappa shape index (κ3) is 2.25. The Labute approximate surface area is 84.6 Å². The molecule has 2 rings (SSSR count). The molecule has 4 heteroatoms. The van der Waals surface area contributed by atoms with E-state index >= 15 is 0 Å². The van der Waals surface area contributed by atoms with E-state index in [4.69, 9.17) is 4.74 Å². The molecule has 0 aliphatic carbocycles. The third-order valence-corrected chi connectivity index (χ3v) is 3.21. The summed E-state index contributed by atoms with van der Waals surface area (Å²) in [6.45, 7) is 4.58. The first kappa shape index (κ1) is 9.93. The van der Waals surface area contributed by atoms with Crippen LogP contribution in [0, 0.1) is 5.92 Å². The maximum Gasteiger partial charge on any atom is 0.209 e. The van der Waals surface area contributed by atoms with Crippen LogP contribution in [0.25, 0.3) is 0 Å². The molecular weight excluding hydrogens is 180 g/mol. The average molecular weight is 198 g/mol. The average Bonchev–Trinajstić information content (AvgIpc) is 2.30. The van der Waals surface area contributed by atoms with Crippen LogP contribution in [0.15, 0.2) is 0 Å². The van der Waals surface area contributed by atoms with Crippen molar-refractivity contribution in [1.82, 2.24) is 10.2 Å². The molecule has 0 aromatic heterocycles. The Morgan fingerprint density at radius 1 is 1.36 bits per heavy atom. The summed E-state index contributed by atoms with van der Waals surface area (Å²) in [6.07, 6.45) is 3.50. The van der Waals surface area contributed by atoms with Gasteiger partial charge in [0, 0.05) is 26.2 Å². The maximum absolute atomic E-state index is 10.5. The number of amides is 1. The first-order valence-electron chi connectivity index (χ1n) is 5.42. The molecule has 14 heavy (non-hydrogen) atoms. The Morgan fingerprint density at radius 3 is 2.71 bits per heavy atom. The predicted octanol–water partition coefficient (Wildman–Crippen LogP) is -0.157. The molecule has 2 aliphatic heterocycles. The van der Waals surface area contributed by atoms with Gasteiger partial charge in [0.25, 0.3) is 0 Å². The summed E-state index contributed by atoms with van der Waals surface area (Å²) < 4.78 is 5.72. The van der Waals surface area contributed by atoms with Gasteiger partial charge in [-0.05, 0) is 18.8 Å². The van der Waals surface area contributed by atoms with Crippen molar-refractivity contribution in [3.05, 3.63) is 0 Å². The van der Waals surface area contributed by atoms with Gasteiger partial charge in [-0.3, -0.25) is 4.79 Å². The van der Waals surface area contributed by atoms with Crippen molar-refractivity contribution < 1.29 is 9.53 Å². The summed E-state index contributed by atoms with van der Waals surface area (Å²) in [5, 5.41) is 3.35. The van der Waals surface area contributed by atoms with E-state index in [1.807, 2.05) is 4.90 Å². The lowest BCUT2D eigenvalue weighted by atomic mass is 9.91. The summed E-state index contributed by atoms with van der Waals surface area (Å²) >= 11 is 0. The summed E-state index contributed by atoms with van der Waals surface area (Å²) in [4.78, 5) is 12.4. The summed E-state index contributed by atoms with van der Waals surface area (Å²) in [5.74, 6) is 0.638. The van der Waals surface area contributed by atoms with Crippen LogP contribution in [0.2, 0.25) is 0 Å². The minimum Gasteiger partial charge on any atom is -0.375 e. The van der Waals surface area contributed by atoms with E-state index in [1.54, 1.807) is 0 Å². The zero-order valence-corrected chi connectivity index (χ0v) is 8.45. The van der Waals surface area contributed by atoms with Gasteiger partial charge in [-0.2, -0.15) is 0 Å². The topological polar surface area (TPSA) is 41.6 Å². The number of carbonyl (C=O) groups is 1. The highest BCUT2D eigenvalue weighted by Crippen LogP contribution is 2.22. The van der Waals surface area contributed by atoms with Crippen LogP contribution >= 0.6 is 0 Å². The minimum absolute atomic E-state index is 0.373. The molecule has 2 aliphatic rings. The SMILES string of the molecule is O=CN1CCC(C2CNCCO2)CC1. The molecule has 1 N–H and O–H groups in total. The van der Waals surface area contributed by atoms with Gasteiger partial charge in [0.1, 0.15) is 0 Å². The fourth-order valence-corrected chi connectivity index (χ4v) is 2.29. The zero-order valence-electron chi connectivity index (χ0n) is 8.45. The normalized spacial score (nSPS) is 30.3. The molecule has 0 aromatic carbocycles. The van der Waals surface area contributed by atoms with Gasteiger partial charge in [0.15, 0.2) is 0 Å². The van der Waals surface area contributed by atoms with Crippen molar-refractivity contribution in [3.63, 3.8) is 0 Å². The van der Waals surface area contributed by atoms with Crippen LogP contribution in [-0.4, -0.2) is 50.2 Å². The number of ether oxygens (including phenoxy) is 1. The number of nitrogens with one attached hydrogen (secondary N) is 1. The Hall–Kier alpha value is -0.610. The maximum atomic E-state index is 10.5. The van der Waals surface area contributed by atoms with Crippen LogP contribution < -0.4 is 5.32 Å². The van der Waals surface area contributed by atoms with Crippen LogP contribution in [0.4, 0.5) is 0 Å². The molecule has 1 atom stereocenters. The fraction of sp³-hybridized carbons (Fsp3) is 0.900. The molecule has 0 aromatic rings. The number of piperidine rings is 1. The van der Waals surface area contributed by atoms with E-state index in [9.17, 15) is 4.79 Å². The molecule has 0 spiro atoms. The number of morpholine rings is 1. The van der Waals surface area contributed by atoms with Gasteiger partial charge < -0.3 is 15.0 Å². The number of likely N-dealkylation sites (tertiary alicyclic amines) is 1. The second-order valence-electron chi connectivity index (χ2n) is 4.09. The number of carbonyl (C=O) groups excluding carboxylic acids is 1. The summed E-state index contributed by atoms with van der Waals surface area (Å²) in [6, 6.07) is 0. The monoisotopic (exact) mass is 198 g/mol. The molecule has 0 radical (unpaired) electrons. The number of hydrogen-bond acceptors (Lipinski definition) is 3. The van der Waals surface area contributed by atoms with Crippen LogP contribution in [0.5, 0.6) is 0 Å². The van der Waals surface area contributed by atoms with Crippen molar-refractivity contribution in [1.29, 1.82) is 0 Å². The molecule has 1 amide bonds. The number of rotatable bonds is 2. The van der Waals surface area contributed by atoms with Crippen molar-refractivity contribution in [2.24, 2.45) is 5.92 Å². The molecule has 2 heterocycles. The van der Waals surface area contributed by atoms with Crippen molar-refractivity contribution >= 4 is 6.41 Å². The molecule has 2 fully saturated rings. The van der Waals surface area contributed by atoms with Gasteiger partial charge in [0.2, 0.25) is 6.41 Å². The first-order chi connectivity index (χ1) is 6.90. The second-order valence-corrected chi connectivity index (χ2v) is 4.09. The summed E-state index contributed by atoms with van der Waals surface area (Å²) in [7, 11) is 0. The van der Waals surface area contributed by atoms with Crippen molar-refractivity contribution in [2.45, 2.75) is 18.9 Å². The Kier molecular flexibility index (Phi) is 3.37. The standard InChI is InChI=1S/C10H18N2O2/c13-8-12-4-1-9(2-5-12)10-7-11-3-6-14-10/h8-11H,1-7H2. The molecule has 1 unspecified atom stereocenters. The molecular formula is C10H18N2O2. The van der Waals surface area contributed by atoms with E-state index in [0.29, 0.717) is 12.0 Å². The lowest BCUT2D eigenvalue weighted by molar-refractivity contribution is -0.120. The fourth-order valence-electron chi connectivity index (χ4n) is 2.29. The predicted molar refractivity (Wildman–Crippen MR) is 53.0 cm³/mol. The Morgan fingerprint density at radius 2 is 2.14 bits per heavy atom. The van der Waals surface area contributed by atoms with Crippen molar-refractivity contribution in [3.8, 4) is 0 Å². The van der Waals surface area contributed by atoms with Gasteiger partial charge in [-0.15, -0.1) is 0 Å². The lowest BCUT2D eigenvalue weighted by Gasteiger charge is -2.36. The van der Waals surface area contributed by atoms with E-state index in [-0.39, 0.29) is 0 Å². The van der Waals surface area contributed by atoms with Gasteiger partial charge >= 0.3 is 0 Å². The largest absolute Gasteiger partial charge is 0.375 e. The quantitative estimate of drug-likeness (QED) is 0.627. The van der Waals surface area contributed by atoms with Crippen molar-refractivity contribution in [2.75, 3.05) is 32.8 Å². The highest BCUT2D eigenvalue weighted by atomic mass is 16.5. The van der Waals surface area contributed by atoms with Gasteiger partial charge in [-0.1, -0.05) is 0 Å². The van der Waals surface area contributed by atoms with E-state index in [2.05, 4.69) is 5.32 Å². The highest BCUT2D eigenvalue weighted by Gasteiger charge is 2.27. The zero-order chi connectivity index (χ0) is 9.80. The van der Waals surface area contributed by atoms with Gasteiger partial charge in [0.05, 0.1) is 12.7 Å². The van der Waals surface area contributed by atoms with Crippen LogP contribution in [0.3, 0.4) is 0 Å². The first-order valence-corrected chi connectivity index (χ1v) is 5.42. The molecule has 0 bridgehead atoms. The lowest BCUT2D eigenvalue weighted by Crippen LogP contribution is -2.46. The van der Waals surface area contributed by atoms with Gasteiger partial charge in [-0.25, -0.2) is 0 Å². The van der Waals surface area contributed by atoms with E-state index < -0.39 is 0 Å². The number of nitrogens with zero attached hydrogens (tertiary/aromatic N) is 1. The smallest absolute Gasteiger partial charge is 0.209 e. The van der Waals surface area contributed by atoms with E-state index in [1.165, 1.54) is 0 Å². The van der Waals surface area contributed by atoms with Crippen LogP contribution in [0.1, 0.15) is 12.8 Å². The third-order valence-electron chi connectivity index (χ3n) is 3.21. The Bertz CT molecular complexity index is 185.